The highest BCUT2D eigenvalue weighted by atomic mass is 16.6. The van der Waals surface area contributed by atoms with Crippen LogP contribution in [0.5, 0.6) is 0 Å². The third-order valence-corrected chi connectivity index (χ3v) is 3.51. The summed E-state index contributed by atoms with van der Waals surface area (Å²) in [5.41, 5.74) is 3.54. The largest absolute Gasteiger partial charge is 0.463 e. The number of hydrogen-bond donors (Lipinski definition) is 0. The van der Waals surface area contributed by atoms with Gasteiger partial charge in [0.05, 0.1) is 6.61 Å². The molecule has 21 heavy (non-hydrogen) atoms. The van der Waals surface area contributed by atoms with E-state index in [2.05, 4.69) is 36.4 Å². The van der Waals surface area contributed by atoms with Gasteiger partial charge in [-0.05, 0) is 23.1 Å². The molecule has 0 N–H and O–H groups in total. The lowest BCUT2D eigenvalue weighted by Crippen LogP contribution is -2.10. The molecule has 2 aromatic carbocycles. The Morgan fingerprint density at radius 3 is 2.38 bits per heavy atom. The van der Waals surface area contributed by atoms with Crippen LogP contribution in [0.25, 0.3) is 11.1 Å². The first-order valence-electron chi connectivity index (χ1n) is 7.23. The molecular weight excluding hydrogens is 264 g/mol. The minimum Gasteiger partial charge on any atom is -0.463 e. The van der Waals surface area contributed by atoms with Gasteiger partial charge in [-0.25, -0.2) is 0 Å². The zero-order valence-electron chi connectivity index (χ0n) is 11.8. The molecule has 0 amide bonds. The van der Waals surface area contributed by atoms with E-state index in [0.29, 0.717) is 26.1 Å². The zero-order valence-corrected chi connectivity index (χ0v) is 11.8. The molecule has 0 spiro atoms. The number of carbonyl (C=O) groups is 1. The number of rotatable bonds is 6. The normalized spacial score (nSPS) is 16.5. The molecule has 1 aliphatic heterocycles. The van der Waals surface area contributed by atoms with Gasteiger partial charge in [-0.2, -0.15) is 0 Å². The summed E-state index contributed by atoms with van der Waals surface area (Å²) in [6.45, 7) is 1.11. The average molecular weight is 282 g/mol. The highest BCUT2D eigenvalue weighted by Gasteiger charge is 2.23. The van der Waals surface area contributed by atoms with Crippen LogP contribution in [0.2, 0.25) is 0 Å². The fourth-order valence-electron chi connectivity index (χ4n) is 2.16. The van der Waals surface area contributed by atoms with Crippen LogP contribution in [0, 0.1) is 0 Å². The molecule has 0 bridgehead atoms. The molecule has 3 nitrogen and oxygen atoms in total. The summed E-state index contributed by atoms with van der Waals surface area (Å²) in [7, 11) is 0. The Kier molecular flexibility index (Phi) is 4.31. The Hall–Kier alpha value is -2.13. The molecule has 3 rings (SSSR count). The number of benzene rings is 2. The number of aryl methyl sites for hydroxylation is 1. The van der Waals surface area contributed by atoms with Crippen molar-refractivity contribution in [3.63, 3.8) is 0 Å². The fourth-order valence-corrected chi connectivity index (χ4v) is 2.16. The second-order valence-corrected chi connectivity index (χ2v) is 5.20. The summed E-state index contributed by atoms with van der Waals surface area (Å²) in [6, 6.07) is 18.6. The van der Waals surface area contributed by atoms with Crippen LogP contribution in [0.4, 0.5) is 0 Å². The Bertz CT molecular complexity index is 586. The summed E-state index contributed by atoms with van der Waals surface area (Å²) < 4.78 is 10.1. The Labute approximate surface area is 124 Å². The summed E-state index contributed by atoms with van der Waals surface area (Å²) in [6.07, 6.45) is 1.26. The molecule has 0 aliphatic carbocycles. The van der Waals surface area contributed by atoms with E-state index < -0.39 is 0 Å². The van der Waals surface area contributed by atoms with Crippen LogP contribution in [-0.2, 0) is 20.7 Å². The number of esters is 1. The molecule has 1 saturated heterocycles. The van der Waals surface area contributed by atoms with E-state index in [0.717, 1.165) is 5.56 Å². The van der Waals surface area contributed by atoms with Crippen molar-refractivity contribution in [1.29, 1.82) is 0 Å². The van der Waals surface area contributed by atoms with Crippen LogP contribution in [0.3, 0.4) is 0 Å². The molecule has 1 atom stereocenters. The lowest BCUT2D eigenvalue weighted by atomic mass is 10.0. The first-order chi connectivity index (χ1) is 10.3. The van der Waals surface area contributed by atoms with E-state index in [-0.39, 0.29) is 12.1 Å². The summed E-state index contributed by atoms with van der Waals surface area (Å²) in [5, 5.41) is 0. The number of ether oxygens (including phenoxy) is 2. The van der Waals surface area contributed by atoms with Gasteiger partial charge in [-0.3, -0.25) is 4.79 Å². The van der Waals surface area contributed by atoms with Crippen molar-refractivity contribution in [2.45, 2.75) is 18.9 Å². The summed E-state index contributed by atoms with van der Waals surface area (Å²) in [4.78, 5) is 11.6. The van der Waals surface area contributed by atoms with Crippen molar-refractivity contribution >= 4 is 5.97 Å². The van der Waals surface area contributed by atoms with Crippen molar-refractivity contribution < 1.29 is 14.3 Å². The van der Waals surface area contributed by atoms with Crippen LogP contribution >= 0.6 is 0 Å². The number of hydrogen-bond acceptors (Lipinski definition) is 3. The van der Waals surface area contributed by atoms with Gasteiger partial charge in [0.15, 0.2) is 0 Å². The molecule has 0 radical (unpaired) electrons. The maximum atomic E-state index is 11.6. The quantitative estimate of drug-likeness (QED) is 0.603. The topological polar surface area (TPSA) is 38.8 Å². The van der Waals surface area contributed by atoms with E-state index in [1.54, 1.807) is 0 Å². The molecule has 108 valence electrons. The molecule has 3 heteroatoms. The summed E-state index contributed by atoms with van der Waals surface area (Å²) in [5.74, 6) is -0.155. The minimum atomic E-state index is -0.155. The molecule has 0 aromatic heterocycles. The average Bonchev–Trinajstić information content (AvgIpc) is 3.37. The standard InChI is InChI=1S/C18H18O3/c19-18(21-13-17-12-20-17)11-8-14-6-9-16(10-7-14)15-4-2-1-3-5-15/h1-7,9-10,17H,8,11-13H2. The van der Waals surface area contributed by atoms with Crippen LogP contribution < -0.4 is 0 Å². The Morgan fingerprint density at radius 1 is 1.05 bits per heavy atom. The molecule has 0 saturated carbocycles. The van der Waals surface area contributed by atoms with E-state index in [1.807, 2.05) is 18.2 Å². The molecule has 1 unspecified atom stereocenters. The fraction of sp³-hybridized carbons (Fsp3) is 0.278. The third kappa shape index (κ3) is 4.17. The zero-order chi connectivity index (χ0) is 14.5. The van der Waals surface area contributed by atoms with Gasteiger partial charge in [0.25, 0.3) is 0 Å². The summed E-state index contributed by atoms with van der Waals surface area (Å²) >= 11 is 0. The molecule has 1 fully saturated rings. The predicted octanol–water partition coefficient (Wildman–Crippen LogP) is 3.23. The number of epoxide rings is 1. The Morgan fingerprint density at radius 2 is 1.71 bits per heavy atom. The predicted molar refractivity (Wildman–Crippen MR) is 80.9 cm³/mol. The molecule has 1 aliphatic rings. The maximum Gasteiger partial charge on any atom is 0.306 e. The second kappa shape index (κ2) is 6.55. The van der Waals surface area contributed by atoms with Gasteiger partial charge >= 0.3 is 5.97 Å². The number of carbonyl (C=O) groups excluding carboxylic acids is 1. The van der Waals surface area contributed by atoms with Gasteiger partial charge < -0.3 is 9.47 Å². The highest BCUT2D eigenvalue weighted by Crippen LogP contribution is 2.19. The SMILES string of the molecule is O=C(CCc1ccc(-c2ccccc2)cc1)OCC1CO1. The van der Waals surface area contributed by atoms with Crippen molar-refractivity contribution in [2.75, 3.05) is 13.2 Å². The van der Waals surface area contributed by atoms with Crippen LogP contribution in [0.15, 0.2) is 54.6 Å². The lowest BCUT2D eigenvalue weighted by molar-refractivity contribution is -0.144. The lowest BCUT2D eigenvalue weighted by Gasteiger charge is -2.05. The van der Waals surface area contributed by atoms with Gasteiger partial charge in [0, 0.05) is 6.42 Å². The van der Waals surface area contributed by atoms with Gasteiger partial charge in [0.1, 0.15) is 12.7 Å². The third-order valence-electron chi connectivity index (χ3n) is 3.51. The first kappa shape index (κ1) is 13.8. The highest BCUT2D eigenvalue weighted by molar-refractivity contribution is 5.70. The smallest absolute Gasteiger partial charge is 0.306 e. The van der Waals surface area contributed by atoms with E-state index in [4.69, 9.17) is 9.47 Å². The molecule has 1 heterocycles. The first-order valence-corrected chi connectivity index (χ1v) is 7.23. The monoisotopic (exact) mass is 282 g/mol. The molecule has 2 aromatic rings. The maximum absolute atomic E-state index is 11.6. The van der Waals surface area contributed by atoms with Gasteiger partial charge in [0.2, 0.25) is 0 Å². The van der Waals surface area contributed by atoms with E-state index >= 15 is 0 Å². The van der Waals surface area contributed by atoms with Crippen LogP contribution in [-0.4, -0.2) is 25.3 Å². The van der Waals surface area contributed by atoms with Crippen LogP contribution in [0.1, 0.15) is 12.0 Å². The minimum absolute atomic E-state index is 0.138. The Balaban J connectivity index is 1.51. The van der Waals surface area contributed by atoms with E-state index in [9.17, 15) is 4.79 Å². The van der Waals surface area contributed by atoms with Gasteiger partial charge in [-0.15, -0.1) is 0 Å². The molecular formula is C18H18O3. The van der Waals surface area contributed by atoms with Crippen molar-refractivity contribution in [3.05, 3.63) is 60.2 Å². The van der Waals surface area contributed by atoms with E-state index in [1.165, 1.54) is 11.1 Å². The second-order valence-electron chi connectivity index (χ2n) is 5.20. The van der Waals surface area contributed by atoms with Gasteiger partial charge in [-0.1, -0.05) is 54.6 Å². The van der Waals surface area contributed by atoms with Crippen molar-refractivity contribution in [3.8, 4) is 11.1 Å². The van der Waals surface area contributed by atoms with Crippen molar-refractivity contribution in [2.24, 2.45) is 0 Å². The van der Waals surface area contributed by atoms with Crippen molar-refractivity contribution in [1.82, 2.24) is 0 Å².